The van der Waals surface area contributed by atoms with Crippen LogP contribution in [0.25, 0.3) is 0 Å². The molecule has 0 aliphatic carbocycles. The standard InChI is InChI=1S/C22H21/c1-18(20-13-7-3-8-14-20)22(21-15-9-4-10-16-21)17-19-11-5-2-6-12-19/h2-18,22H,1H3. The summed E-state index contributed by atoms with van der Waals surface area (Å²) in [5.41, 5.74) is 4.02. The highest BCUT2D eigenvalue weighted by molar-refractivity contribution is 5.36. The molecule has 3 aromatic carbocycles. The zero-order chi connectivity index (χ0) is 15.2. The second kappa shape index (κ2) is 7.09. The van der Waals surface area contributed by atoms with E-state index in [1.165, 1.54) is 16.7 Å². The normalized spacial score (nSPS) is 13.5. The molecular weight excluding hydrogens is 264 g/mol. The molecule has 0 aromatic heterocycles. The highest BCUT2D eigenvalue weighted by Gasteiger charge is 2.21. The third kappa shape index (κ3) is 3.46. The van der Waals surface area contributed by atoms with E-state index in [0.29, 0.717) is 11.8 Å². The maximum Gasteiger partial charge on any atom is -0.00124 e. The predicted molar refractivity (Wildman–Crippen MR) is 93.9 cm³/mol. The minimum atomic E-state index is 0.367. The molecule has 0 saturated heterocycles. The van der Waals surface area contributed by atoms with Crippen molar-refractivity contribution in [3.8, 4) is 0 Å². The lowest BCUT2D eigenvalue weighted by Crippen LogP contribution is -2.10. The minimum absolute atomic E-state index is 0.367. The van der Waals surface area contributed by atoms with Gasteiger partial charge in [0.2, 0.25) is 0 Å². The van der Waals surface area contributed by atoms with Gasteiger partial charge in [-0.3, -0.25) is 0 Å². The van der Waals surface area contributed by atoms with Crippen LogP contribution in [0.2, 0.25) is 0 Å². The fourth-order valence-electron chi connectivity index (χ4n) is 2.94. The smallest absolute Gasteiger partial charge is 0.00124 e. The van der Waals surface area contributed by atoms with E-state index < -0.39 is 0 Å². The van der Waals surface area contributed by atoms with Crippen LogP contribution >= 0.6 is 0 Å². The van der Waals surface area contributed by atoms with Gasteiger partial charge >= 0.3 is 0 Å². The van der Waals surface area contributed by atoms with Crippen LogP contribution in [-0.2, 0) is 0 Å². The van der Waals surface area contributed by atoms with Gasteiger partial charge in [-0.2, -0.15) is 0 Å². The Morgan fingerprint density at radius 2 is 1.05 bits per heavy atom. The van der Waals surface area contributed by atoms with Gasteiger partial charge in [-0.25, -0.2) is 0 Å². The highest BCUT2D eigenvalue weighted by Crippen LogP contribution is 2.36. The van der Waals surface area contributed by atoms with E-state index in [0.717, 1.165) is 0 Å². The highest BCUT2D eigenvalue weighted by atomic mass is 14.2. The molecule has 0 aliphatic heterocycles. The van der Waals surface area contributed by atoms with Crippen molar-refractivity contribution in [2.45, 2.75) is 18.8 Å². The zero-order valence-electron chi connectivity index (χ0n) is 12.9. The summed E-state index contributed by atoms with van der Waals surface area (Å²) < 4.78 is 0. The van der Waals surface area contributed by atoms with E-state index >= 15 is 0 Å². The Bertz CT molecular complexity index is 671. The summed E-state index contributed by atoms with van der Waals surface area (Å²) >= 11 is 0. The van der Waals surface area contributed by atoms with Gasteiger partial charge in [-0.05, 0) is 34.9 Å². The summed E-state index contributed by atoms with van der Waals surface area (Å²) in [4.78, 5) is 0. The Morgan fingerprint density at radius 3 is 1.59 bits per heavy atom. The first-order valence-electron chi connectivity index (χ1n) is 7.84. The van der Waals surface area contributed by atoms with Gasteiger partial charge in [0, 0.05) is 0 Å². The van der Waals surface area contributed by atoms with Crippen molar-refractivity contribution < 1.29 is 0 Å². The lowest BCUT2D eigenvalue weighted by molar-refractivity contribution is 0.648. The Morgan fingerprint density at radius 1 is 0.591 bits per heavy atom. The number of hydrogen-bond donors (Lipinski definition) is 0. The molecule has 1 radical (unpaired) electrons. The lowest BCUT2D eigenvalue weighted by atomic mass is 9.79. The molecule has 0 aliphatic rings. The maximum atomic E-state index is 2.38. The molecule has 2 unspecified atom stereocenters. The van der Waals surface area contributed by atoms with Crippen molar-refractivity contribution in [1.29, 1.82) is 0 Å². The topological polar surface area (TPSA) is 0 Å². The monoisotopic (exact) mass is 285 g/mol. The Labute approximate surface area is 133 Å². The predicted octanol–water partition coefficient (Wildman–Crippen LogP) is 5.83. The molecule has 0 heterocycles. The molecule has 0 amide bonds. The molecule has 3 aromatic rings. The van der Waals surface area contributed by atoms with Crippen LogP contribution in [-0.4, -0.2) is 0 Å². The summed E-state index contributed by atoms with van der Waals surface area (Å²) in [6.45, 7) is 2.31. The molecule has 0 heteroatoms. The van der Waals surface area contributed by atoms with E-state index in [4.69, 9.17) is 0 Å². The molecular formula is C22H21. The Balaban J connectivity index is 1.93. The molecule has 0 bridgehead atoms. The molecule has 0 fully saturated rings. The second-order valence-corrected chi connectivity index (χ2v) is 5.71. The van der Waals surface area contributed by atoms with Crippen molar-refractivity contribution in [2.75, 3.05) is 0 Å². The van der Waals surface area contributed by atoms with Crippen molar-refractivity contribution in [1.82, 2.24) is 0 Å². The van der Waals surface area contributed by atoms with Gasteiger partial charge in [0.1, 0.15) is 0 Å². The van der Waals surface area contributed by atoms with Crippen LogP contribution < -0.4 is 0 Å². The van der Waals surface area contributed by atoms with E-state index in [-0.39, 0.29) is 0 Å². The molecule has 3 rings (SSSR count). The molecule has 0 N–H and O–H groups in total. The minimum Gasteiger partial charge on any atom is -0.0622 e. The first kappa shape index (κ1) is 14.6. The first-order chi connectivity index (χ1) is 10.8. The lowest BCUT2D eigenvalue weighted by Gasteiger charge is -2.25. The second-order valence-electron chi connectivity index (χ2n) is 5.71. The summed E-state index contributed by atoms with van der Waals surface area (Å²) in [5.74, 6) is 0.801. The maximum absolute atomic E-state index is 2.38. The van der Waals surface area contributed by atoms with Gasteiger partial charge in [-0.1, -0.05) is 97.9 Å². The first-order valence-corrected chi connectivity index (χ1v) is 7.84. The van der Waals surface area contributed by atoms with E-state index in [2.05, 4.69) is 104 Å². The van der Waals surface area contributed by atoms with Gasteiger partial charge in [0.25, 0.3) is 0 Å². The summed E-state index contributed by atoms with van der Waals surface area (Å²) in [7, 11) is 0. The Hall–Kier alpha value is -2.34. The third-order valence-electron chi connectivity index (χ3n) is 4.22. The molecule has 0 nitrogen and oxygen atoms in total. The summed E-state index contributed by atoms with van der Waals surface area (Å²) in [6.07, 6.45) is 2.38. The van der Waals surface area contributed by atoms with Gasteiger partial charge in [0.15, 0.2) is 0 Å². The van der Waals surface area contributed by atoms with Crippen molar-refractivity contribution in [3.63, 3.8) is 0 Å². The van der Waals surface area contributed by atoms with Crippen LogP contribution in [0.3, 0.4) is 0 Å². The van der Waals surface area contributed by atoms with Crippen LogP contribution in [0.5, 0.6) is 0 Å². The van der Waals surface area contributed by atoms with Crippen molar-refractivity contribution in [3.05, 3.63) is 114 Å². The quantitative estimate of drug-likeness (QED) is 0.553. The zero-order valence-corrected chi connectivity index (χ0v) is 12.9. The van der Waals surface area contributed by atoms with E-state index in [1.807, 2.05) is 0 Å². The van der Waals surface area contributed by atoms with E-state index in [9.17, 15) is 0 Å². The molecule has 109 valence electrons. The van der Waals surface area contributed by atoms with Crippen LogP contribution in [0.1, 0.15) is 35.4 Å². The van der Waals surface area contributed by atoms with Crippen LogP contribution in [0, 0.1) is 6.42 Å². The van der Waals surface area contributed by atoms with Gasteiger partial charge < -0.3 is 0 Å². The molecule has 2 atom stereocenters. The van der Waals surface area contributed by atoms with E-state index in [1.54, 1.807) is 0 Å². The summed E-state index contributed by atoms with van der Waals surface area (Å²) in [5, 5.41) is 0. The number of hydrogen-bond acceptors (Lipinski definition) is 0. The SMILES string of the molecule is CC(c1ccccc1)C([CH]c1ccccc1)c1ccccc1. The Kier molecular flexibility index (Phi) is 4.70. The van der Waals surface area contributed by atoms with Crippen LogP contribution in [0.4, 0.5) is 0 Å². The van der Waals surface area contributed by atoms with Crippen molar-refractivity contribution in [2.24, 2.45) is 0 Å². The van der Waals surface area contributed by atoms with Crippen LogP contribution in [0.15, 0.2) is 91.0 Å². The largest absolute Gasteiger partial charge is 0.0622 e. The van der Waals surface area contributed by atoms with Gasteiger partial charge in [0.05, 0.1) is 0 Å². The molecule has 0 spiro atoms. The average Bonchev–Trinajstić information content (AvgIpc) is 2.61. The fourth-order valence-corrected chi connectivity index (χ4v) is 2.94. The molecule has 22 heavy (non-hydrogen) atoms. The third-order valence-corrected chi connectivity index (χ3v) is 4.22. The van der Waals surface area contributed by atoms with Crippen molar-refractivity contribution >= 4 is 0 Å². The van der Waals surface area contributed by atoms with Gasteiger partial charge in [-0.15, -0.1) is 0 Å². The number of rotatable bonds is 5. The summed E-state index contributed by atoms with van der Waals surface area (Å²) in [6, 6.07) is 32.2. The molecule has 0 saturated carbocycles. The number of benzene rings is 3. The average molecular weight is 285 g/mol. The fraction of sp³-hybridized carbons (Fsp3) is 0.136.